The fraction of sp³-hybridized carbons (Fsp3) is 0.500. The van der Waals surface area contributed by atoms with Crippen LogP contribution >= 0.6 is 0 Å². The smallest absolute Gasteiger partial charge is 0.278 e. The van der Waals surface area contributed by atoms with Crippen LogP contribution in [0.15, 0.2) is 24.4 Å². The summed E-state index contributed by atoms with van der Waals surface area (Å²) < 4.78 is 22.7. The van der Waals surface area contributed by atoms with Crippen LogP contribution in [0.4, 0.5) is 0 Å². The molecule has 0 radical (unpaired) electrons. The molecule has 0 aliphatic carbocycles. The van der Waals surface area contributed by atoms with Gasteiger partial charge in [-0.15, -0.1) is 0 Å². The normalized spacial score (nSPS) is 12.8. The van der Waals surface area contributed by atoms with Gasteiger partial charge in [0.25, 0.3) is 10.2 Å². The minimum Gasteiger partial charge on any atom is -0.278 e. The Hall–Kier alpha value is -0.810. The summed E-state index contributed by atoms with van der Waals surface area (Å²) in [5.41, 5.74) is 0. The summed E-state index contributed by atoms with van der Waals surface area (Å²) in [4.78, 5) is 0. The van der Waals surface area contributed by atoms with Crippen molar-refractivity contribution in [3.05, 3.63) is 24.4 Å². The molecule has 0 rings (SSSR count). The van der Waals surface area contributed by atoms with Gasteiger partial charge in [0.05, 0.1) is 0 Å². The molecular formula is C8H16N2O2S. The highest BCUT2D eigenvalue weighted by atomic mass is 32.2. The first-order valence-corrected chi connectivity index (χ1v) is 5.72. The van der Waals surface area contributed by atoms with E-state index < -0.39 is 10.2 Å². The maximum atomic E-state index is 10.4. The standard InChI is InChI=1S/C8H16N2O2S/c1-2-3-4-5-6-7-8-10-13(9,11)12/h5-8,10H,2-4H2,1H3,(H2,9,11,12). The van der Waals surface area contributed by atoms with E-state index >= 15 is 0 Å². The molecule has 4 nitrogen and oxygen atoms in total. The van der Waals surface area contributed by atoms with Gasteiger partial charge in [-0.2, -0.15) is 8.42 Å². The first kappa shape index (κ1) is 12.2. The Morgan fingerprint density at radius 3 is 2.62 bits per heavy atom. The Bertz CT molecular complexity index is 268. The van der Waals surface area contributed by atoms with E-state index in [2.05, 4.69) is 12.1 Å². The van der Waals surface area contributed by atoms with Crippen LogP contribution in [-0.2, 0) is 10.2 Å². The van der Waals surface area contributed by atoms with Gasteiger partial charge < -0.3 is 0 Å². The van der Waals surface area contributed by atoms with Gasteiger partial charge >= 0.3 is 0 Å². The predicted octanol–water partition coefficient (Wildman–Crippen LogP) is 1.04. The molecule has 0 saturated heterocycles. The Morgan fingerprint density at radius 1 is 1.38 bits per heavy atom. The molecule has 13 heavy (non-hydrogen) atoms. The lowest BCUT2D eigenvalue weighted by Gasteiger charge is -1.92. The maximum absolute atomic E-state index is 10.4. The number of rotatable bonds is 6. The lowest BCUT2D eigenvalue weighted by molar-refractivity contribution is 0.592. The molecular weight excluding hydrogens is 188 g/mol. The fourth-order valence-corrected chi connectivity index (χ4v) is 0.955. The quantitative estimate of drug-likeness (QED) is 0.501. The van der Waals surface area contributed by atoms with Crippen LogP contribution in [0, 0.1) is 0 Å². The van der Waals surface area contributed by atoms with Gasteiger partial charge in [0.15, 0.2) is 0 Å². The third kappa shape index (κ3) is 11.2. The molecule has 3 N–H and O–H groups in total. The number of unbranched alkanes of at least 4 members (excludes halogenated alkanes) is 2. The van der Waals surface area contributed by atoms with E-state index in [-0.39, 0.29) is 0 Å². The van der Waals surface area contributed by atoms with Crippen LogP contribution in [-0.4, -0.2) is 8.42 Å². The number of nitrogens with one attached hydrogen (secondary N) is 1. The minimum absolute atomic E-state index is 1.01. The molecule has 5 heteroatoms. The predicted molar refractivity (Wildman–Crippen MR) is 54.0 cm³/mol. The van der Waals surface area contributed by atoms with Gasteiger partial charge in [-0.3, -0.25) is 4.72 Å². The van der Waals surface area contributed by atoms with Crippen molar-refractivity contribution >= 4 is 10.2 Å². The Morgan fingerprint density at radius 2 is 2.08 bits per heavy atom. The summed E-state index contributed by atoms with van der Waals surface area (Å²) >= 11 is 0. The summed E-state index contributed by atoms with van der Waals surface area (Å²) in [5.74, 6) is 0. The van der Waals surface area contributed by atoms with E-state index in [0.29, 0.717) is 0 Å². The van der Waals surface area contributed by atoms with Gasteiger partial charge in [-0.1, -0.05) is 31.9 Å². The van der Waals surface area contributed by atoms with Crippen molar-refractivity contribution in [3.8, 4) is 0 Å². The van der Waals surface area contributed by atoms with Crippen molar-refractivity contribution in [2.24, 2.45) is 5.14 Å². The fourth-order valence-electron chi connectivity index (χ4n) is 0.686. The molecule has 0 fully saturated rings. The zero-order valence-electron chi connectivity index (χ0n) is 7.73. The lowest BCUT2D eigenvalue weighted by atomic mass is 10.2. The van der Waals surface area contributed by atoms with E-state index in [1.807, 2.05) is 10.8 Å². The molecule has 0 unspecified atom stereocenters. The molecule has 0 aromatic heterocycles. The van der Waals surface area contributed by atoms with E-state index in [9.17, 15) is 8.42 Å². The average molecular weight is 204 g/mol. The minimum atomic E-state index is -3.59. The van der Waals surface area contributed by atoms with Gasteiger partial charge in [0.2, 0.25) is 0 Å². The van der Waals surface area contributed by atoms with Crippen molar-refractivity contribution in [2.75, 3.05) is 0 Å². The number of nitrogens with two attached hydrogens (primary N) is 1. The summed E-state index contributed by atoms with van der Waals surface area (Å²) in [6, 6.07) is 0. The van der Waals surface area contributed by atoms with Crippen molar-refractivity contribution < 1.29 is 8.42 Å². The van der Waals surface area contributed by atoms with Crippen molar-refractivity contribution in [3.63, 3.8) is 0 Å². The van der Waals surface area contributed by atoms with Crippen LogP contribution < -0.4 is 9.86 Å². The highest BCUT2D eigenvalue weighted by Crippen LogP contribution is 1.94. The van der Waals surface area contributed by atoms with Gasteiger partial charge in [0, 0.05) is 6.20 Å². The molecule has 0 aromatic rings. The summed E-state index contributed by atoms with van der Waals surface area (Å²) in [6.45, 7) is 2.12. The topological polar surface area (TPSA) is 72.2 Å². The van der Waals surface area contributed by atoms with Crippen LogP contribution in [0.1, 0.15) is 26.2 Å². The molecule has 0 aromatic carbocycles. The molecule has 0 saturated carbocycles. The van der Waals surface area contributed by atoms with Gasteiger partial charge in [-0.05, 0) is 12.5 Å². The monoisotopic (exact) mass is 204 g/mol. The van der Waals surface area contributed by atoms with Crippen molar-refractivity contribution in [1.82, 2.24) is 4.72 Å². The third-order valence-corrected chi connectivity index (χ3v) is 1.76. The number of allylic oxidation sites excluding steroid dienone is 3. The highest BCUT2D eigenvalue weighted by molar-refractivity contribution is 7.87. The zero-order chi connectivity index (χ0) is 10.2. The molecule has 0 atom stereocenters. The van der Waals surface area contributed by atoms with Crippen LogP contribution in [0.5, 0.6) is 0 Å². The summed E-state index contributed by atoms with van der Waals surface area (Å²) in [5, 5.41) is 4.68. The first-order chi connectivity index (χ1) is 6.06. The Labute approximate surface area is 79.7 Å². The molecule has 0 aliphatic rings. The van der Waals surface area contributed by atoms with E-state index in [1.54, 1.807) is 12.2 Å². The maximum Gasteiger partial charge on any atom is 0.296 e. The number of hydrogen-bond donors (Lipinski definition) is 2. The molecule has 0 amide bonds. The van der Waals surface area contributed by atoms with E-state index in [1.165, 1.54) is 6.20 Å². The summed E-state index contributed by atoms with van der Waals surface area (Å²) in [6.07, 6.45) is 9.96. The van der Waals surface area contributed by atoms with E-state index in [0.717, 1.165) is 19.3 Å². The molecule has 0 aliphatic heterocycles. The second kappa shape index (κ2) is 6.68. The van der Waals surface area contributed by atoms with Crippen molar-refractivity contribution in [1.29, 1.82) is 0 Å². The van der Waals surface area contributed by atoms with Gasteiger partial charge in [0.1, 0.15) is 0 Å². The molecule has 0 bridgehead atoms. The van der Waals surface area contributed by atoms with Gasteiger partial charge in [-0.25, -0.2) is 5.14 Å². The molecule has 76 valence electrons. The Kier molecular flexibility index (Phi) is 6.26. The molecule has 0 spiro atoms. The van der Waals surface area contributed by atoms with Crippen molar-refractivity contribution in [2.45, 2.75) is 26.2 Å². The largest absolute Gasteiger partial charge is 0.296 e. The second-order valence-electron chi connectivity index (χ2n) is 2.59. The number of hydrogen-bond acceptors (Lipinski definition) is 2. The van der Waals surface area contributed by atoms with Crippen LogP contribution in [0.2, 0.25) is 0 Å². The van der Waals surface area contributed by atoms with Crippen LogP contribution in [0.25, 0.3) is 0 Å². The SMILES string of the molecule is CCCCC=CC=CNS(N)(=O)=O. The molecule has 0 heterocycles. The van der Waals surface area contributed by atoms with Crippen LogP contribution in [0.3, 0.4) is 0 Å². The van der Waals surface area contributed by atoms with E-state index in [4.69, 9.17) is 0 Å². The highest BCUT2D eigenvalue weighted by Gasteiger charge is 1.91. The third-order valence-electron chi connectivity index (χ3n) is 1.30. The Balaban J connectivity index is 3.58. The second-order valence-corrected chi connectivity index (χ2v) is 3.92. The summed E-state index contributed by atoms with van der Waals surface area (Å²) in [7, 11) is -3.59. The lowest BCUT2D eigenvalue weighted by Crippen LogP contribution is -2.25. The average Bonchev–Trinajstić information content (AvgIpc) is 2.01. The first-order valence-electron chi connectivity index (χ1n) is 4.18. The zero-order valence-corrected chi connectivity index (χ0v) is 8.55.